The van der Waals surface area contributed by atoms with E-state index in [1.807, 2.05) is 13.8 Å². The Balaban J connectivity index is 2.25. The molecule has 0 aliphatic carbocycles. The monoisotopic (exact) mass is 229 g/mol. The number of carbonyl (C=O) groups excluding carboxylic acids is 1. The molecule has 1 aliphatic heterocycles. The van der Waals surface area contributed by atoms with Crippen molar-refractivity contribution in [2.24, 2.45) is 5.92 Å². The van der Waals surface area contributed by atoms with Crippen molar-refractivity contribution in [3.05, 3.63) is 0 Å². The van der Waals surface area contributed by atoms with Gasteiger partial charge in [0.1, 0.15) is 6.10 Å². The molecular formula is C12H23NO3. The molecule has 0 aromatic carbocycles. The zero-order chi connectivity index (χ0) is 12.3. The molecule has 1 fully saturated rings. The Bertz CT molecular complexity index is 232. The number of esters is 1. The minimum Gasteiger partial charge on any atom is -0.459 e. The van der Waals surface area contributed by atoms with Gasteiger partial charge in [-0.25, -0.2) is 0 Å². The van der Waals surface area contributed by atoms with E-state index in [-0.39, 0.29) is 18.0 Å². The van der Waals surface area contributed by atoms with E-state index < -0.39 is 6.10 Å². The molecule has 0 saturated carbocycles. The molecule has 16 heavy (non-hydrogen) atoms. The van der Waals surface area contributed by atoms with Crippen molar-refractivity contribution >= 4 is 5.97 Å². The predicted octanol–water partition coefficient (Wildman–Crippen LogP) is 1.03. The van der Waals surface area contributed by atoms with Crippen LogP contribution in [0.3, 0.4) is 0 Å². The maximum Gasteiger partial charge on any atom is 0.307 e. The number of ether oxygens (including phenoxy) is 1. The fourth-order valence-electron chi connectivity index (χ4n) is 1.84. The van der Waals surface area contributed by atoms with Crippen LogP contribution in [0.1, 0.15) is 34.1 Å². The third-order valence-corrected chi connectivity index (χ3v) is 2.99. The van der Waals surface area contributed by atoms with E-state index in [9.17, 15) is 9.90 Å². The lowest BCUT2D eigenvalue weighted by Crippen LogP contribution is -2.34. The molecule has 0 aromatic heterocycles. The average molecular weight is 229 g/mol. The maximum atomic E-state index is 11.5. The molecule has 94 valence electrons. The zero-order valence-corrected chi connectivity index (χ0v) is 10.6. The maximum absolute atomic E-state index is 11.5. The summed E-state index contributed by atoms with van der Waals surface area (Å²) in [5.41, 5.74) is 0. The first-order valence-electron chi connectivity index (χ1n) is 6.03. The summed E-state index contributed by atoms with van der Waals surface area (Å²) in [6, 6.07) is 0.616. The van der Waals surface area contributed by atoms with Gasteiger partial charge in [0.25, 0.3) is 0 Å². The molecule has 4 atom stereocenters. The number of aliphatic hydroxyl groups excluding tert-OH is 1. The van der Waals surface area contributed by atoms with Crippen LogP contribution in [0, 0.1) is 5.92 Å². The van der Waals surface area contributed by atoms with E-state index in [1.165, 1.54) is 0 Å². The summed E-state index contributed by atoms with van der Waals surface area (Å²) >= 11 is 0. The molecule has 0 amide bonds. The molecule has 4 unspecified atom stereocenters. The van der Waals surface area contributed by atoms with Crippen LogP contribution in [0.4, 0.5) is 0 Å². The molecule has 4 nitrogen and oxygen atoms in total. The lowest BCUT2D eigenvalue weighted by molar-refractivity contribution is -0.157. The number of nitrogens with zero attached hydrogens (tertiary/aromatic N) is 1. The fourth-order valence-corrected chi connectivity index (χ4v) is 1.84. The number of hydrogen-bond acceptors (Lipinski definition) is 4. The highest BCUT2D eigenvalue weighted by atomic mass is 16.6. The summed E-state index contributed by atoms with van der Waals surface area (Å²) in [6.45, 7) is 9.53. The van der Waals surface area contributed by atoms with Crippen LogP contribution in [0.25, 0.3) is 0 Å². The van der Waals surface area contributed by atoms with Crippen LogP contribution < -0.4 is 0 Å². The molecular weight excluding hydrogens is 206 g/mol. The van der Waals surface area contributed by atoms with Gasteiger partial charge in [0, 0.05) is 19.1 Å². The highest BCUT2D eigenvalue weighted by Crippen LogP contribution is 2.17. The van der Waals surface area contributed by atoms with Gasteiger partial charge in [0.05, 0.1) is 12.5 Å². The van der Waals surface area contributed by atoms with Crippen molar-refractivity contribution in [3.8, 4) is 0 Å². The van der Waals surface area contributed by atoms with E-state index in [0.717, 1.165) is 13.1 Å². The highest BCUT2D eigenvalue weighted by Gasteiger charge is 2.30. The van der Waals surface area contributed by atoms with Gasteiger partial charge in [-0.05, 0) is 19.8 Å². The van der Waals surface area contributed by atoms with Gasteiger partial charge in [-0.3, -0.25) is 9.69 Å². The van der Waals surface area contributed by atoms with Crippen molar-refractivity contribution in [3.63, 3.8) is 0 Å². The molecule has 1 saturated heterocycles. The molecule has 1 heterocycles. The minimum absolute atomic E-state index is 0.143. The van der Waals surface area contributed by atoms with E-state index in [4.69, 9.17) is 4.74 Å². The van der Waals surface area contributed by atoms with Crippen molar-refractivity contribution in [1.82, 2.24) is 4.90 Å². The van der Waals surface area contributed by atoms with Gasteiger partial charge in [-0.15, -0.1) is 0 Å². The summed E-state index contributed by atoms with van der Waals surface area (Å²) in [5, 5.41) is 9.48. The highest BCUT2D eigenvalue weighted by molar-refractivity contribution is 5.69. The van der Waals surface area contributed by atoms with E-state index in [1.54, 1.807) is 6.92 Å². The average Bonchev–Trinajstić information content (AvgIpc) is 2.87. The molecule has 4 heteroatoms. The number of hydrogen-bond donors (Lipinski definition) is 1. The van der Waals surface area contributed by atoms with Crippen LogP contribution in [-0.2, 0) is 9.53 Å². The summed E-state index contributed by atoms with van der Waals surface area (Å²) < 4.78 is 5.27. The minimum atomic E-state index is -0.607. The van der Waals surface area contributed by atoms with Crippen LogP contribution in [0.2, 0.25) is 0 Å². The normalized spacial score (nSPS) is 27.6. The molecule has 0 radical (unpaired) electrons. The number of rotatable bonds is 6. The lowest BCUT2D eigenvalue weighted by Gasteiger charge is -2.23. The Morgan fingerprint density at radius 2 is 2.06 bits per heavy atom. The largest absolute Gasteiger partial charge is 0.459 e. The smallest absolute Gasteiger partial charge is 0.307 e. The van der Waals surface area contributed by atoms with E-state index in [2.05, 4.69) is 11.8 Å². The zero-order valence-electron chi connectivity index (χ0n) is 10.6. The third kappa shape index (κ3) is 4.10. The second-order valence-corrected chi connectivity index (χ2v) is 5.03. The van der Waals surface area contributed by atoms with Gasteiger partial charge < -0.3 is 9.84 Å². The molecule has 1 rings (SSSR count). The van der Waals surface area contributed by atoms with Gasteiger partial charge >= 0.3 is 5.97 Å². The Labute approximate surface area is 97.6 Å². The Morgan fingerprint density at radius 1 is 1.50 bits per heavy atom. The molecule has 1 aliphatic rings. The van der Waals surface area contributed by atoms with Gasteiger partial charge in [-0.1, -0.05) is 13.8 Å². The predicted molar refractivity (Wildman–Crippen MR) is 62.1 cm³/mol. The first kappa shape index (κ1) is 13.5. The Hall–Kier alpha value is -0.610. The fraction of sp³-hybridized carbons (Fsp3) is 0.917. The topological polar surface area (TPSA) is 49.5 Å². The summed E-state index contributed by atoms with van der Waals surface area (Å²) in [4.78, 5) is 13.8. The van der Waals surface area contributed by atoms with Crippen molar-refractivity contribution < 1.29 is 14.6 Å². The van der Waals surface area contributed by atoms with Crippen LogP contribution >= 0.6 is 0 Å². The lowest BCUT2D eigenvalue weighted by atomic mass is 10.0. The summed E-state index contributed by atoms with van der Waals surface area (Å²) in [5.74, 6) is -0.0668. The molecule has 0 spiro atoms. The van der Waals surface area contributed by atoms with Crippen LogP contribution in [0.5, 0.6) is 0 Å². The van der Waals surface area contributed by atoms with Crippen LogP contribution in [0.15, 0.2) is 0 Å². The van der Waals surface area contributed by atoms with Crippen molar-refractivity contribution in [1.29, 1.82) is 0 Å². The number of carbonyl (C=O) groups is 1. The second kappa shape index (κ2) is 5.64. The summed E-state index contributed by atoms with van der Waals surface area (Å²) in [7, 11) is 0. The first-order chi connectivity index (χ1) is 7.41. The van der Waals surface area contributed by atoms with Crippen molar-refractivity contribution in [2.45, 2.75) is 52.4 Å². The third-order valence-electron chi connectivity index (χ3n) is 2.99. The first-order valence-corrected chi connectivity index (χ1v) is 6.03. The van der Waals surface area contributed by atoms with E-state index in [0.29, 0.717) is 12.5 Å². The number of aliphatic hydroxyl groups is 1. The Morgan fingerprint density at radius 3 is 2.44 bits per heavy atom. The standard InChI is InChI=1S/C12H23NO3/c1-8(2)12(10(4)14)16-11(15)5-6-13-7-9(13)3/h8-10,12,14H,5-7H2,1-4H3. The SMILES string of the molecule is CC(C)C(OC(=O)CCN1CC1C)C(C)O. The van der Waals surface area contributed by atoms with Gasteiger partial charge in [-0.2, -0.15) is 0 Å². The molecule has 0 bridgehead atoms. The quantitative estimate of drug-likeness (QED) is 0.546. The Kier molecular flexibility index (Phi) is 4.74. The van der Waals surface area contributed by atoms with Crippen molar-refractivity contribution in [2.75, 3.05) is 13.1 Å². The van der Waals surface area contributed by atoms with E-state index >= 15 is 0 Å². The van der Waals surface area contributed by atoms with Crippen LogP contribution in [-0.4, -0.2) is 47.3 Å². The molecule has 0 aromatic rings. The summed E-state index contributed by atoms with van der Waals surface area (Å²) in [6.07, 6.45) is -0.580. The second-order valence-electron chi connectivity index (χ2n) is 5.03. The molecule has 1 N–H and O–H groups in total. The van der Waals surface area contributed by atoms with Gasteiger partial charge in [0.15, 0.2) is 0 Å². The van der Waals surface area contributed by atoms with Gasteiger partial charge in [0.2, 0.25) is 0 Å².